The van der Waals surface area contributed by atoms with Gasteiger partial charge in [0.15, 0.2) is 0 Å². The van der Waals surface area contributed by atoms with Crippen molar-refractivity contribution >= 4 is 45.8 Å². The Labute approximate surface area is 265 Å². The lowest BCUT2D eigenvalue weighted by molar-refractivity contribution is 0.256. The van der Waals surface area contributed by atoms with Crippen molar-refractivity contribution in [3.63, 3.8) is 0 Å². The maximum atomic E-state index is 13.7. The van der Waals surface area contributed by atoms with Gasteiger partial charge in [-0.15, -0.1) is 0 Å². The van der Waals surface area contributed by atoms with E-state index >= 15 is 0 Å². The Balaban J connectivity index is 1.22. The van der Waals surface area contributed by atoms with Gasteiger partial charge in [0.2, 0.25) is 0 Å². The molecule has 1 fully saturated rings. The fraction of sp³-hybridized carbons (Fsp3) is 0.0750. The smallest absolute Gasteiger partial charge is 0.311 e. The standard InChI is InChI=1S/C40H36N4O/c1-3-5-15-32(4-2)43(35-16-9-6-10-17-35)38-26-22-33(23-27-38)41-30-31-42(40(41)45)34-24-28-39(29-25-34)44(36-18-11-7-12-19-36)37-20-13-8-14-21-37/h3-29H,1,30-31H2,2H3/b15-5-,32-4+. The Hall–Kier alpha value is -5.81. The lowest BCUT2D eigenvalue weighted by Gasteiger charge is -2.27. The van der Waals surface area contributed by atoms with E-state index in [0.29, 0.717) is 13.1 Å². The largest absolute Gasteiger partial charge is 0.329 e. The zero-order chi connectivity index (χ0) is 31.0. The third-order valence-electron chi connectivity index (χ3n) is 7.85. The van der Waals surface area contributed by atoms with Gasteiger partial charge in [-0.25, -0.2) is 4.79 Å². The van der Waals surface area contributed by atoms with E-state index in [1.165, 1.54) is 0 Å². The highest BCUT2D eigenvalue weighted by Crippen LogP contribution is 2.36. The zero-order valence-corrected chi connectivity index (χ0v) is 25.4. The first-order valence-corrected chi connectivity index (χ1v) is 15.2. The number of rotatable bonds is 10. The molecule has 5 aromatic carbocycles. The Bertz CT molecular complexity index is 1740. The van der Waals surface area contributed by atoms with Gasteiger partial charge in [0.25, 0.3) is 0 Å². The Morgan fingerprint density at radius 1 is 0.600 bits per heavy atom. The summed E-state index contributed by atoms with van der Waals surface area (Å²) < 4.78 is 0. The Morgan fingerprint density at radius 2 is 1.00 bits per heavy atom. The normalized spacial score (nSPS) is 13.4. The number of amides is 2. The molecule has 1 heterocycles. The van der Waals surface area contributed by atoms with E-state index in [2.05, 4.69) is 83.1 Å². The van der Waals surface area contributed by atoms with Crippen LogP contribution < -0.4 is 19.6 Å². The molecule has 0 aliphatic carbocycles. The third kappa shape index (κ3) is 6.29. The van der Waals surface area contributed by atoms with Crippen LogP contribution in [0.15, 0.2) is 176 Å². The summed E-state index contributed by atoms with van der Waals surface area (Å²) in [7, 11) is 0. The van der Waals surface area contributed by atoms with E-state index in [-0.39, 0.29) is 6.03 Å². The summed E-state index contributed by atoms with van der Waals surface area (Å²) in [5.74, 6) is 0. The molecule has 45 heavy (non-hydrogen) atoms. The molecule has 1 aliphatic heterocycles. The molecule has 5 aromatic rings. The quantitative estimate of drug-likeness (QED) is 0.152. The number of carbonyl (C=O) groups excluding carboxylic acids is 1. The average molecular weight is 589 g/mol. The molecule has 2 amide bonds. The summed E-state index contributed by atoms with van der Waals surface area (Å²) in [6.07, 6.45) is 7.83. The van der Waals surface area contributed by atoms with Gasteiger partial charge in [0, 0.05) is 58.6 Å². The summed E-state index contributed by atoms with van der Waals surface area (Å²) in [6, 6.07) is 47.3. The topological polar surface area (TPSA) is 30.0 Å². The van der Waals surface area contributed by atoms with Crippen molar-refractivity contribution in [3.8, 4) is 0 Å². The molecule has 5 heteroatoms. The van der Waals surface area contributed by atoms with Crippen LogP contribution in [0.25, 0.3) is 0 Å². The van der Waals surface area contributed by atoms with Crippen LogP contribution in [0.4, 0.5) is 44.6 Å². The minimum Gasteiger partial charge on any atom is -0.311 e. The first kappa shape index (κ1) is 29.3. The summed E-state index contributed by atoms with van der Waals surface area (Å²) >= 11 is 0. The van der Waals surface area contributed by atoms with Crippen molar-refractivity contribution in [3.05, 3.63) is 176 Å². The molecule has 222 valence electrons. The highest BCUT2D eigenvalue weighted by molar-refractivity contribution is 6.06. The number of nitrogens with zero attached hydrogens (tertiary/aromatic N) is 4. The first-order chi connectivity index (χ1) is 22.2. The van der Waals surface area contributed by atoms with Crippen LogP contribution in [0.5, 0.6) is 0 Å². The zero-order valence-electron chi connectivity index (χ0n) is 25.4. The average Bonchev–Trinajstić information content (AvgIpc) is 3.49. The highest BCUT2D eigenvalue weighted by Gasteiger charge is 2.31. The van der Waals surface area contributed by atoms with E-state index in [0.717, 1.165) is 45.5 Å². The molecular weight excluding hydrogens is 552 g/mol. The van der Waals surface area contributed by atoms with Crippen molar-refractivity contribution in [1.29, 1.82) is 0 Å². The van der Waals surface area contributed by atoms with Crippen LogP contribution in [0.1, 0.15) is 6.92 Å². The van der Waals surface area contributed by atoms with E-state index in [4.69, 9.17) is 0 Å². The van der Waals surface area contributed by atoms with Crippen molar-refractivity contribution in [2.45, 2.75) is 6.92 Å². The summed E-state index contributed by atoms with van der Waals surface area (Å²) in [4.78, 5) is 21.8. The van der Waals surface area contributed by atoms with Crippen molar-refractivity contribution in [2.24, 2.45) is 0 Å². The predicted molar refractivity (Wildman–Crippen MR) is 189 cm³/mol. The number of para-hydroxylation sites is 3. The van der Waals surface area contributed by atoms with Crippen LogP contribution in [-0.4, -0.2) is 19.1 Å². The molecule has 0 aromatic heterocycles. The predicted octanol–water partition coefficient (Wildman–Crippen LogP) is 10.4. The summed E-state index contributed by atoms with van der Waals surface area (Å²) in [5.41, 5.74) is 8.02. The van der Waals surface area contributed by atoms with Gasteiger partial charge in [0.05, 0.1) is 0 Å². The molecule has 0 radical (unpaired) electrons. The minimum absolute atomic E-state index is 0.0264. The van der Waals surface area contributed by atoms with Crippen LogP contribution in [-0.2, 0) is 0 Å². The van der Waals surface area contributed by atoms with Crippen LogP contribution in [0.3, 0.4) is 0 Å². The number of hydrogen-bond acceptors (Lipinski definition) is 3. The molecule has 1 saturated heterocycles. The van der Waals surface area contributed by atoms with E-state index in [9.17, 15) is 4.79 Å². The van der Waals surface area contributed by atoms with Crippen molar-refractivity contribution in [1.82, 2.24) is 0 Å². The maximum Gasteiger partial charge on any atom is 0.329 e. The molecule has 1 aliphatic rings. The lowest BCUT2D eigenvalue weighted by Crippen LogP contribution is -2.31. The van der Waals surface area contributed by atoms with Gasteiger partial charge in [-0.3, -0.25) is 9.80 Å². The van der Waals surface area contributed by atoms with Gasteiger partial charge in [-0.1, -0.05) is 79.4 Å². The van der Waals surface area contributed by atoms with Crippen LogP contribution >= 0.6 is 0 Å². The second kappa shape index (κ2) is 13.7. The molecule has 5 nitrogen and oxygen atoms in total. The molecule has 0 unspecified atom stereocenters. The fourth-order valence-corrected chi connectivity index (χ4v) is 5.67. The van der Waals surface area contributed by atoms with Gasteiger partial charge < -0.3 is 9.80 Å². The number of anilines is 7. The summed E-state index contributed by atoms with van der Waals surface area (Å²) in [5, 5.41) is 0. The number of hydrogen-bond donors (Lipinski definition) is 0. The number of carbonyl (C=O) groups is 1. The fourth-order valence-electron chi connectivity index (χ4n) is 5.67. The highest BCUT2D eigenvalue weighted by atomic mass is 16.2. The SMILES string of the molecule is C=C/C=C\C(=C/C)N(c1ccccc1)c1ccc(N2CCN(c3ccc(N(c4ccccc4)c4ccccc4)cc3)C2=O)cc1. The van der Waals surface area contributed by atoms with Crippen molar-refractivity contribution < 1.29 is 4.79 Å². The molecule has 0 N–H and O–H groups in total. The number of allylic oxidation sites excluding steroid dienone is 4. The van der Waals surface area contributed by atoms with E-state index in [1.807, 2.05) is 108 Å². The first-order valence-electron chi connectivity index (χ1n) is 15.2. The minimum atomic E-state index is -0.0264. The number of urea groups is 1. The van der Waals surface area contributed by atoms with E-state index < -0.39 is 0 Å². The molecule has 0 saturated carbocycles. The molecular formula is C40H36N4O. The van der Waals surface area contributed by atoms with E-state index in [1.54, 1.807) is 6.08 Å². The molecule has 0 atom stereocenters. The monoisotopic (exact) mass is 588 g/mol. The van der Waals surface area contributed by atoms with Gasteiger partial charge in [-0.05, 0) is 97.9 Å². The second-order valence-electron chi connectivity index (χ2n) is 10.6. The van der Waals surface area contributed by atoms with Crippen molar-refractivity contribution in [2.75, 3.05) is 32.7 Å². The number of benzene rings is 5. The Morgan fingerprint density at radius 3 is 1.44 bits per heavy atom. The molecule has 0 bridgehead atoms. The summed E-state index contributed by atoms with van der Waals surface area (Å²) in [6.45, 7) is 7.08. The van der Waals surface area contributed by atoms with Gasteiger partial charge in [-0.2, -0.15) is 0 Å². The molecule has 0 spiro atoms. The lowest BCUT2D eigenvalue weighted by atomic mass is 10.1. The second-order valence-corrected chi connectivity index (χ2v) is 10.6. The molecule has 6 rings (SSSR count). The maximum absolute atomic E-state index is 13.7. The Kier molecular flexibility index (Phi) is 8.88. The third-order valence-corrected chi connectivity index (χ3v) is 7.85. The van der Waals surface area contributed by atoms with Gasteiger partial charge >= 0.3 is 6.03 Å². The van der Waals surface area contributed by atoms with Crippen LogP contribution in [0.2, 0.25) is 0 Å². The van der Waals surface area contributed by atoms with Crippen LogP contribution in [0, 0.1) is 0 Å². The van der Waals surface area contributed by atoms with Gasteiger partial charge in [0.1, 0.15) is 0 Å².